The van der Waals surface area contributed by atoms with Crippen molar-refractivity contribution >= 4 is 29.6 Å². The fourth-order valence-electron chi connectivity index (χ4n) is 2.15. The van der Waals surface area contributed by atoms with Gasteiger partial charge in [0, 0.05) is 0 Å². The van der Waals surface area contributed by atoms with Crippen LogP contribution in [0.4, 0.5) is 14.9 Å². The van der Waals surface area contributed by atoms with Crippen LogP contribution in [0.1, 0.15) is 5.76 Å². The normalized spacial score (nSPS) is 17.0. The monoisotopic (exact) mass is 326 g/mol. The summed E-state index contributed by atoms with van der Waals surface area (Å²) in [6.07, 6.45) is 5.75. The first-order valence-electron chi connectivity index (χ1n) is 6.93. The number of rotatable bonds is 3. The number of carbonyl (C=O) groups excluding carboxylic acids is 3. The molecule has 120 valence electrons. The Morgan fingerprint density at radius 2 is 1.96 bits per heavy atom. The van der Waals surface area contributed by atoms with Gasteiger partial charge in [0.05, 0.1) is 12.0 Å². The molecule has 0 radical (unpaired) electrons. The van der Waals surface area contributed by atoms with Crippen LogP contribution in [0.15, 0.2) is 64.8 Å². The van der Waals surface area contributed by atoms with Gasteiger partial charge in [0.1, 0.15) is 17.2 Å². The van der Waals surface area contributed by atoms with Crippen LogP contribution in [0, 0.1) is 5.82 Å². The first kappa shape index (κ1) is 15.4. The van der Waals surface area contributed by atoms with Gasteiger partial charge in [0.2, 0.25) is 0 Å². The second-order valence-corrected chi connectivity index (χ2v) is 4.83. The van der Waals surface area contributed by atoms with Crippen LogP contribution in [-0.2, 0) is 9.59 Å². The van der Waals surface area contributed by atoms with Crippen LogP contribution in [0.2, 0.25) is 0 Å². The second-order valence-electron chi connectivity index (χ2n) is 4.83. The van der Waals surface area contributed by atoms with Crippen LogP contribution in [0.3, 0.4) is 0 Å². The Labute approximate surface area is 135 Å². The smallest absolute Gasteiger partial charge is 0.335 e. The van der Waals surface area contributed by atoms with E-state index in [2.05, 4.69) is 5.32 Å². The number of urea groups is 1. The molecular weight excluding hydrogens is 315 g/mol. The van der Waals surface area contributed by atoms with Crippen LogP contribution in [0.25, 0.3) is 6.08 Å². The van der Waals surface area contributed by atoms with Crippen molar-refractivity contribution < 1.29 is 23.2 Å². The zero-order valence-electron chi connectivity index (χ0n) is 12.2. The summed E-state index contributed by atoms with van der Waals surface area (Å²) in [6.45, 7) is 0. The largest absolute Gasteiger partial charge is 0.465 e. The molecule has 0 aliphatic carbocycles. The van der Waals surface area contributed by atoms with E-state index in [1.165, 1.54) is 36.6 Å². The highest BCUT2D eigenvalue weighted by Crippen LogP contribution is 2.21. The van der Waals surface area contributed by atoms with E-state index in [1.54, 1.807) is 18.2 Å². The summed E-state index contributed by atoms with van der Waals surface area (Å²) in [5.74, 6) is -1.72. The molecule has 1 aliphatic rings. The molecule has 1 aromatic heterocycles. The van der Waals surface area contributed by atoms with Crippen LogP contribution >= 0.6 is 0 Å². The summed E-state index contributed by atoms with van der Waals surface area (Å²) in [4.78, 5) is 36.9. The fourth-order valence-corrected chi connectivity index (χ4v) is 2.15. The molecule has 0 spiro atoms. The third-order valence-electron chi connectivity index (χ3n) is 3.23. The first-order valence-corrected chi connectivity index (χ1v) is 6.93. The Bertz CT molecular complexity index is 868. The topological polar surface area (TPSA) is 79.6 Å². The van der Waals surface area contributed by atoms with Gasteiger partial charge in [0.25, 0.3) is 11.8 Å². The minimum absolute atomic E-state index is 0.0333. The summed E-state index contributed by atoms with van der Waals surface area (Å²) in [7, 11) is 0. The number of anilines is 1. The summed E-state index contributed by atoms with van der Waals surface area (Å²) in [5, 5.41) is 2.05. The maximum absolute atomic E-state index is 13.3. The quantitative estimate of drug-likeness (QED) is 0.694. The molecule has 0 unspecified atom stereocenters. The average molecular weight is 326 g/mol. The molecule has 3 rings (SSSR count). The molecule has 4 amide bonds. The van der Waals surface area contributed by atoms with Crippen molar-refractivity contribution in [1.82, 2.24) is 5.32 Å². The van der Waals surface area contributed by atoms with Crippen molar-refractivity contribution in [2.45, 2.75) is 0 Å². The lowest BCUT2D eigenvalue weighted by Gasteiger charge is -2.26. The van der Waals surface area contributed by atoms with E-state index in [9.17, 15) is 18.8 Å². The summed E-state index contributed by atoms with van der Waals surface area (Å²) < 4.78 is 18.4. The van der Waals surface area contributed by atoms with Gasteiger partial charge in [-0.2, -0.15) is 0 Å². The molecule has 1 fully saturated rings. The van der Waals surface area contributed by atoms with E-state index in [-0.39, 0.29) is 11.3 Å². The van der Waals surface area contributed by atoms with Crippen molar-refractivity contribution in [1.29, 1.82) is 0 Å². The highest BCUT2D eigenvalue weighted by molar-refractivity contribution is 6.37. The molecule has 1 aromatic carbocycles. The molecule has 2 aromatic rings. The summed E-state index contributed by atoms with van der Waals surface area (Å²) in [5.41, 5.74) is -0.215. The zero-order chi connectivity index (χ0) is 17.1. The third-order valence-corrected chi connectivity index (χ3v) is 3.23. The van der Waals surface area contributed by atoms with Crippen molar-refractivity contribution in [2.75, 3.05) is 4.90 Å². The second kappa shape index (κ2) is 6.33. The summed E-state index contributed by atoms with van der Waals surface area (Å²) in [6, 6.07) is 7.43. The van der Waals surface area contributed by atoms with Gasteiger partial charge < -0.3 is 4.42 Å². The fraction of sp³-hybridized carbons (Fsp3) is 0. The van der Waals surface area contributed by atoms with E-state index in [1.807, 2.05) is 0 Å². The van der Waals surface area contributed by atoms with E-state index >= 15 is 0 Å². The number of nitrogens with one attached hydrogen (secondary N) is 1. The van der Waals surface area contributed by atoms with Crippen molar-refractivity contribution in [2.24, 2.45) is 0 Å². The van der Waals surface area contributed by atoms with Gasteiger partial charge in [0.15, 0.2) is 0 Å². The van der Waals surface area contributed by atoms with Crippen molar-refractivity contribution in [3.05, 3.63) is 72.0 Å². The SMILES string of the molecule is O=C1NC(=O)N(c2cccc(F)c2)C(=O)/C1=C\C=C\c1ccco1. The molecule has 0 saturated carbocycles. The molecule has 24 heavy (non-hydrogen) atoms. The lowest BCUT2D eigenvalue weighted by molar-refractivity contribution is -0.122. The minimum Gasteiger partial charge on any atom is -0.465 e. The average Bonchev–Trinajstić information content (AvgIpc) is 3.03. The lowest BCUT2D eigenvalue weighted by atomic mass is 10.1. The Hall–Kier alpha value is -3.48. The standard InChI is InChI=1S/C17H11FN2O4/c18-11-4-1-5-12(10-11)20-16(22)14(15(21)19-17(20)23)8-2-6-13-7-3-9-24-13/h1-10H,(H,19,21,23)/b6-2+,14-8-. The number of benzene rings is 1. The van der Waals surface area contributed by atoms with Crippen LogP contribution in [-0.4, -0.2) is 17.8 Å². The van der Waals surface area contributed by atoms with Crippen LogP contribution in [0.5, 0.6) is 0 Å². The molecule has 0 bridgehead atoms. The zero-order valence-corrected chi connectivity index (χ0v) is 12.2. The Morgan fingerprint density at radius 3 is 2.67 bits per heavy atom. The van der Waals surface area contributed by atoms with Gasteiger partial charge in [-0.1, -0.05) is 12.1 Å². The molecule has 7 heteroatoms. The number of nitrogens with zero attached hydrogens (tertiary/aromatic N) is 1. The maximum Gasteiger partial charge on any atom is 0.335 e. The van der Waals surface area contributed by atoms with Gasteiger partial charge in [-0.25, -0.2) is 14.1 Å². The Kier molecular flexibility index (Phi) is 4.07. The minimum atomic E-state index is -0.928. The maximum atomic E-state index is 13.3. The summed E-state index contributed by atoms with van der Waals surface area (Å²) >= 11 is 0. The van der Waals surface area contributed by atoms with Crippen LogP contribution < -0.4 is 10.2 Å². The highest BCUT2D eigenvalue weighted by Gasteiger charge is 2.36. The third kappa shape index (κ3) is 3.00. The number of allylic oxidation sites excluding steroid dienone is 2. The molecular formula is C17H11FN2O4. The number of hydrogen-bond acceptors (Lipinski definition) is 4. The van der Waals surface area contributed by atoms with Gasteiger partial charge >= 0.3 is 6.03 Å². The Balaban J connectivity index is 1.91. The molecule has 1 aliphatic heterocycles. The predicted octanol–water partition coefficient (Wildman–Crippen LogP) is 2.64. The van der Waals surface area contributed by atoms with Gasteiger partial charge in [-0.3, -0.25) is 14.9 Å². The number of amides is 4. The predicted molar refractivity (Wildman–Crippen MR) is 83.2 cm³/mol. The first-order chi connectivity index (χ1) is 11.6. The van der Waals surface area contributed by atoms with Crippen molar-refractivity contribution in [3.63, 3.8) is 0 Å². The highest BCUT2D eigenvalue weighted by atomic mass is 19.1. The molecule has 0 atom stereocenters. The Morgan fingerprint density at radius 1 is 1.12 bits per heavy atom. The van der Waals surface area contributed by atoms with E-state index in [4.69, 9.17) is 4.42 Å². The van der Waals surface area contributed by atoms with Gasteiger partial charge in [-0.05, 0) is 42.5 Å². The van der Waals surface area contributed by atoms with Crippen molar-refractivity contribution in [3.8, 4) is 0 Å². The number of hydrogen-bond donors (Lipinski definition) is 1. The number of barbiturate groups is 1. The number of halogens is 1. The van der Waals surface area contributed by atoms with Gasteiger partial charge in [-0.15, -0.1) is 0 Å². The van der Waals surface area contributed by atoms with E-state index in [0.29, 0.717) is 10.7 Å². The molecule has 6 nitrogen and oxygen atoms in total. The van der Waals surface area contributed by atoms with E-state index in [0.717, 1.165) is 6.07 Å². The number of furan rings is 1. The molecule has 1 saturated heterocycles. The lowest BCUT2D eigenvalue weighted by Crippen LogP contribution is -2.54. The number of imide groups is 2. The molecule has 2 heterocycles. The van der Waals surface area contributed by atoms with E-state index < -0.39 is 23.7 Å². The number of carbonyl (C=O) groups is 3. The molecule has 1 N–H and O–H groups in total.